The number of hydrogen-bond donors (Lipinski definition) is 1. The fourth-order valence-corrected chi connectivity index (χ4v) is 2.27. The SMILES string of the molecule is Cc1nc(Cl)c(C=O)c(NCC(C)N(C)C2CC2)n1. The van der Waals surface area contributed by atoms with Crippen LogP contribution in [-0.2, 0) is 0 Å². The first kappa shape index (κ1) is 14.2. The van der Waals surface area contributed by atoms with Gasteiger partial charge < -0.3 is 5.32 Å². The number of nitrogens with one attached hydrogen (secondary N) is 1. The number of aryl methyl sites for hydroxylation is 1. The summed E-state index contributed by atoms with van der Waals surface area (Å²) in [6.45, 7) is 4.63. The van der Waals surface area contributed by atoms with Crippen LogP contribution in [-0.4, -0.2) is 46.8 Å². The van der Waals surface area contributed by atoms with Gasteiger partial charge in [0.25, 0.3) is 0 Å². The van der Waals surface area contributed by atoms with Gasteiger partial charge in [-0.3, -0.25) is 9.69 Å². The molecule has 0 amide bonds. The Balaban J connectivity index is 2.04. The third-order valence-corrected chi connectivity index (χ3v) is 3.80. The summed E-state index contributed by atoms with van der Waals surface area (Å²) in [5.74, 6) is 1.07. The molecule has 1 aromatic rings. The molecule has 1 atom stereocenters. The number of aromatic nitrogens is 2. The van der Waals surface area contributed by atoms with Gasteiger partial charge in [-0.2, -0.15) is 0 Å². The zero-order valence-electron chi connectivity index (χ0n) is 11.5. The maximum absolute atomic E-state index is 11.0. The normalized spacial score (nSPS) is 16.5. The average molecular weight is 283 g/mol. The fourth-order valence-electron chi connectivity index (χ4n) is 2.02. The zero-order chi connectivity index (χ0) is 14.0. The second kappa shape index (κ2) is 5.84. The highest BCUT2D eigenvalue weighted by molar-refractivity contribution is 6.32. The average Bonchev–Trinajstić information content (AvgIpc) is 3.18. The molecule has 5 nitrogen and oxygen atoms in total. The topological polar surface area (TPSA) is 58.1 Å². The zero-order valence-corrected chi connectivity index (χ0v) is 12.2. The highest BCUT2D eigenvalue weighted by Crippen LogP contribution is 2.27. The van der Waals surface area contributed by atoms with Crippen molar-refractivity contribution in [3.05, 3.63) is 16.5 Å². The molecule has 1 heterocycles. The van der Waals surface area contributed by atoms with Crippen LogP contribution in [0.1, 0.15) is 35.9 Å². The Morgan fingerprint density at radius 2 is 2.21 bits per heavy atom. The van der Waals surface area contributed by atoms with Gasteiger partial charge in [0.1, 0.15) is 16.8 Å². The van der Waals surface area contributed by atoms with Crippen LogP contribution in [0.25, 0.3) is 0 Å². The van der Waals surface area contributed by atoms with Crippen molar-refractivity contribution in [1.29, 1.82) is 0 Å². The van der Waals surface area contributed by atoms with Crippen LogP contribution in [0, 0.1) is 6.92 Å². The third kappa shape index (κ3) is 3.42. The smallest absolute Gasteiger partial charge is 0.156 e. The molecule has 1 fully saturated rings. The Morgan fingerprint density at radius 1 is 1.53 bits per heavy atom. The minimum atomic E-state index is 0.202. The molecule has 0 bridgehead atoms. The molecule has 0 spiro atoms. The molecule has 0 radical (unpaired) electrons. The molecule has 1 N–H and O–H groups in total. The van der Waals surface area contributed by atoms with Crippen molar-refractivity contribution in [3.8, 4) is 0 Å². The maximum Gasteiger partial charge on any atom is 0.156 e. The number of halogens is 1. The van der Waals surface area contributed by atoms with Gasteiger partial charge in [0.2, 0.25) is 0 Å². The lowest BCUT2D eigenvalue weighted by atomic mass is 10.2. The van der Waals surface area contributed by atoms with Crippen LogP contribution in [0.15, 0.2) is 0 Å². The maximum atomic E-state index is 11.0. The first-order valence-electron chi connectivity index (χ1n) is 6.48. The van der Waals surface area contributed by atoms with E-state index in [4.69, 9.17) is 11.6 Å². The van der Waals surface area contributed by atoms with Crippen molar-refractivity contribution in [2.24, 2.45) is 0 Å². The second-order valence-electron chi connectivity index (χ2n) is 5.07. The summed E-state index contributed by atoms with van der Waals surface area (Å²) in [7, 11) is 2.13. The summed E-state index contributed by atoms with van der Waals surface area (Å²) >= 11 is 5.94. The quantitative estimate of drug-likeness (QED) is 0.640. The summed E-state index contributed by atoms with van der Waals surface area (Å²) in [5.41, 5.74) is 0.327. The Kier molecular flexibility index (Phi) is 4.37. The van der Waals surface area contributed by atoms with Crippen molar-refractivity contribution in [2.75, 3.05) is 18.9 Å². The monoisotopic (exact) mass is 282 g/mol. The van der Waals surface area contributed by atoms with Gasteiger partial charge in [-0.1, -0.05) is 11.6 Å². The van der Waals surface area contributed by atoms with Gasteiger partial charge in [-0.25, -0.2) is 9.97 Å². The van der Waals surface area contributed by atoms with Crippen LogP contribution >= 0.6 is 11.6 Å². The Bertz CT molecular complexity index is 476. The molecule has 1 unspecified atom stereocenters. The molecule has 0 saturated heterocycles. The molecule has 1 aliphatic carbocycles. The van der Waals surface area contributed by atoms with Crippen molar-refractivity contribution >= 4 is 23.7 Å². The lowest BCUT2D eigenvalue weighted by Crippen LogP contribution is -2.36. The minimum Gasteiger partial charge on any atom is -0.368 e. The van der Waals surface area contributed by atoms with E-state index < -0.39 is 0 Å². The summed E-state index contributed by atoms with van der Waals surface area (Å²) in [4.78, 5) is 21.6. The van der Waals surface area contributed by atoms with Crippen molar-refractivity contribution in [1.82, 2.24) is 14.9 Å². The predicted molar refractivity (Wildman–Crippen MR) is 75.9 cm³/mol. The van der Waals surface area contributed by atoms with E-state index in [1.807, 2.05) is 0 Å². The summed E-state index contributed by atoms with van der Waals surface area (Å²) in [6.07, 6.45) is 3.25. The van der Waals surface area contributed by atoms with Gasteiger partial charge >= 0.3 is 0 Å². The van der Waals surface area contributed by atoms with Crippen LogP contribution in [0.4, 0.5) is 5.82 Å². The summed E-state index contributed by atoms with van der Waals surface area (Å²) < 4.78 is 0. The molecular weight excluding hydrogens is 264 g/mol. The molecule has 104 valence electrons. The number of hydrogen-bond acceptors (Lipinski definition) is 5. The van der Waals surface area contributed by atoms with Gasteiger partial charge in [0.05, 0.1) is 5.56 Å². The highest BCUT2D eigenvalue weighted by Gasteiger charge is 2.29. The molecule has 19 heavy (non-hydrogen) atoms. The predicted octanol–water partition coefficient (Wildman–Crippen LogP) is 2.15. The lowest BCUT2D eigenvalue weighted by Gasteiger charge is -2.25. The number of rotatable bonds is 6. The molecule has 1 aliphatic rings. The first-order chi connectivity index (χ1) is 9.02. The van der Waals surface area contributed by atoms with Gasteiger partial charge in [0.15, 0.2) is 6.29 Å². The fraction of sp³-hybridized carbons (Fsp3) is 0.615. The molecule has 6 heteroatoms. The number of anilines is 1. The molecule has 0 aliphatic heterocycles. The van der Waals surface area contributed by atoms with E-state index in [0.717, 1.165) is 6.54 Å². The van der Waals surface area contributed by atoms with E-state index in [1.165, 1.54) is 12.8 Å². The standard InChI is InChI=1S/C13H19ClN4O/c1-8(18(3)10-4-5-10)6-15-13-11(7-19)12(14)16-9(2)17-13/h7-8,10H,4-6H2,1-3H3,(H,15,16,17). The summed E-state index contributed by atoms with van der Waals surface area (Å²) in [5, 5.41) is 3.40. The lowest BCUT2D eigenvalue weighted by molar-refractivity contribution is 0.112. The number of carbonyl (C=O) groups is 1. The van der Waals surface area contributed by atoms with Crippen molar-refractivity contribution in [2.45, 2.75) is 38.8 Å². The van der Waals surface area contributed by atoms with E-state index in [-0.39, 0.29) is 5.15 Å². The van der Waals surface area contributed by atoms with Crippen LogP contribution in [0.2, 0.25) is 5.15 Å². The van der Waals surface area contributed by atoms with Crippen LogP contribution < -0.4 is 5.32 Å². The molecular formula is C13H19ClN4O. The van der Waals surface area contributed by atoms with E-state index in [9.17, 15) is 4.79 Å². The Labute approximate surface area is 118 Å². The van der Waals surface area contributed by atoms with Crippen LogP contribution in [0.3, 0.4) is 0 Å². The number of likely N-dealkylation sites (N-methyl/N-ethyl adjacent to an activating group) is 1. The van der Waals surface area contributed by atoms with Crippen molar-refractivity contribution in [3.63, 3.8) is 0 Å². The highest BCUT2D eigenvalue weighted by atomic mass is 35.5. The first-order valence-corrected chi connectivity index (χ1v) is 6.86. The van der Waals surface area contributed by atoms with Crippen molar-refractivity contribution < 1.29 is 4.79 Å². The van der Waals surface area contributed by atoms with Gasteiger partial charge in [-0.15, -0.1) is 0 Å². The van der Waals surface area contributed by atoms with E-state index in [0.29, 0.717) is 35.6 Å². The Hall–Kier alpha value is -1.20. The van der Waals surface area contributed by atoms with E-state index in [1.54, 1.807) is 6.92 Å². The second-order valence-corrected chi connectivity index (χ2v) is 5.43. The molecule has 1 saturated carbocycles. The molecule has 1 aromatic heterocycles. The van der Waals surface area contributed by atoms with E-state index in [2.05, 4.69) is 34.2 Å². The van der Waals surface area contributed by atoms with Gasteiger partial charge in [0, 0.05) is 18.6 Å². The van der Waals surface area contributed by atoms with E-state index >= 15 is 0 Å². The minimum absolute atomic E-state index is 0.202. The largest absolute Gasteiger partial charge is 0.368 e. The summed E-state index contributed by atoms with van der Waals surface area (Å²) in [6, 6.07) is 1.08. The number of carbonyl (C=O) groups excluding carboxylic acids is 1. The molecule has 0 aromatic carbocycles. The van der Waals surface area contributed by atoms with Crippen LogP contribution in [0.5, 0.6) is 0 Å². The molecule has 2 rings (SSSR count). The third-order valence-electron chi connectivity index (χ3n) is 3.51. The van der Waals surface area contributed by atoms with Gasteiger partial charge in [-0.05, 0) is 33.7 Å². The Morgan fingerprint density at radius 3 is 2.79 bits per heavy atom. The number of aldehydes is 1. The number of nitrogens with zero attached hydrogens (tertiary/aromatic N) is 3.